The van der Waals surface area contributed by atoms with Crippen molar-refractivity contribution in [1.29, 1.82) is 0 Å². The smallest absolute Gasteiger partial charge is 0.251 e. The molecule has 0 bridgehead atoms. The Morgan fingerprint density at radius 2 is 1.68 bits per heavy atom. The summed E-state index contributed by atoms with van der Waals surface area (Å²) in [7, 11) is 0. The van der Waals surface area contributed by atoms with Gasteiger partial charge >= 0.3 is 0 Å². The number of amides is 2. The maximum atomic E-state index is 13.3. The average Bonchev–Trinajstić information content (AvgIpc) is 2.33. The van der Waals surface area contributed by atoms with Crippen LogP contribution < -0.4 is 21.9 Å². The van der Waals surface area contributed by atoms with Crippen LogP contribution in [-0.4, -0.2) is 24.9 Å². The van der Waals surface area contributed by atoms with Gasteiger partial charge in [-0.1, -0.05) is 0 Å². The van der Waals surface area contributed by atoms with E-state index in [-0.39, 0.29) is 24.6 Å². The lowest BCUT2D eigenvalue weighted by molar-refractivity contribution is -0.118. The number of benzene rings is 1. The number of nitrogen functional groups attached to an aromatic ring is 1. The van der Waals surface area contributed by atoms with Crippen molar-refractivity contribution in [2.45, 2.75) is 6.92 Å². The van der Waals surface area contributed by atoms with Crippen LogP contribution in [0.4, 0.5) is 14.5 Å². The fraction of sp³-hybridized carbons (Fsp3) is 0.273. The van der Waals surface area contributed by atoms with Gasteiger partial charge in [0.25, 0.3) is 5.91 Å². The Morgan fingerprint density at radius 1 is 1.16 bits per heavy atom. The molecule has 19 heavy (non-hydrogen) atoms. The second kappa shape index (κ2) is 6.64. The molecule has 0 aliphatic rings. The van der Waals surface area contributed by atoms with Crippen LogP contribution in [0.2, 0.25) is 0 Å². The minimum atomic E-state index is -0.963. The summed E-state index contributed by atoms with van der Waals surface area (Å²) in [6, 6.07) is 1.73. The van der Waals surface area contributed by atoms with Crippen molar-refractivity contribution < 1.29 is 18.4 Å². The molecule has 0 atom stereocenters. The molecule has 1 aromatic carbocycles. The number of halogens is 2. The number of hydrogen-bond acceptors (Lipinski definition) is 4. The topological polar surface area (TPSA) is 96.2 Å². The highest BCUT2D eigenvalue weighted by Gasteiger charge is 2.14. The molecule has 5 N–H and O–H groups in total. The van der Waals surface area contributed by atoms with Crippen LogP contribution in [0.5, 0.6) is 0 Å². The lowest BCUT2D eigenvalue weighted by Crippen LogP contribution is -2.33. The first-order chi connectivity index (χ1) is 8.95. The Hall–Kier alpha value is -2.22. The molecule has 6 nitrogen and oxygen atoms in total. The van der Waals surface area contributed by atoms with Crippen molar-refractivity contribution >= 4 is 17.5 Å². The van der Waals surface area contributed by atoms with E-state index >= 15 is 0 Å². The fourth-order valence-corrected chi connectivity index (χ4v) is 1.36. The van der Waals surface area contributed by atoms with E-state index in [4.69, 9.17) is 5.84 Å². The lowest BCUT2D eigenvalue weighted by Gasteiger charge is -2.08. The molecule has 104 valence electrons. The summed E-state index contributed by atoms with van der Waals surface area (Å²) in [5, 5.41) is 4.87. The molecule has 0 spiro atoms. The molecule has 0 heterocycles. The molecule has 0 aliphatic heterocycles. The summed E-state index contributed by atoms with van der Waals surface area (Å²) in [5.74, 6) is 2.13. The van der Waals surface area contributed by atoms with Gasteiger partial charge in [-0.2, -0.15) is 0 Å². The maximum absolute atomic E-state index is 13.3. The van der Waals surface area contributed by atoms with E-state index in [0.717, 1.165) is 12.1 Å². The molecule has 0 unspecified atom stereocenters. The van der Waals surface area contributed by atoms with Gasteiger partial charge in [0.2, 0.25) is 5.91 Å². The fourth-order valence-electron chi connectivity index (χ4n) is 1.36. The molecular weight excluding hydrogens is 258 g/mol. The van der Waals surface area contributed by atoms with E-state index in [1.807, 2.05) is 5.43 Å². The minimum absolute atomic E-state index is 0.151. The summed E-state index contributed by atoms with van der Waals surface area (Å²) >= 11 is 0. The van der Waals surface area contributed by atoms with Gasteiger partial charge < -0.3 is 16.1 Å². The molecule has 1 rings (SSSR count). The van der Waals surface area contributed by atoms with E-state index in [9.17, 15) is 18.4 Å². The van der Waals surface area contributed by atoms with Crippen molar-refractivity contribution in [2.75, 3.05) is 18.5 Å². The summed E-state index contributed by atoms with van der Waals surface area (Å²) < 4.78 is 26.7. The van der Waals surface area contributed by atoms with E-state index in [2.05, 4.69) is 10.6 Å². The van der Waals surface area contributed by atoms with Crippen LogP contribution in [0.25, 0.3) is 0 Å². The van der Waals surface area contributed by atoms with Crippen LogP contribution in [0.3, 0.4) is 0 Å². The Bertz CT molecular complexity index is 471. The van der Waals surface area contributed by atoms with E-state index in [0.29, 0.717) is 0 Å². The van der Waals surface area contributed by atoms with E-state index in [1.54, 1.807) is 0 Å². The van der Waals surface area contributed by atoms with Crippen LogP contribution in [0, 0.1) is 11.6 Å². The zero-order valence-electron chi connectivity index (χ0n) is 10.2. The Morgan fingerprint density at radius 3 is 2.16 bits per heavy atom. The third kappa shape index (κ3) is 4.18. The molecule has 0 saturated carbocycles. The van der Waals surface area contributed by atoms with Crippen molar-refractivity contribution in [3.05, 3.63) is 29.3 Å². The molecule has 1 aromatic rings. The summed E-state index contributed by atoms with van der Waals surface area (Å²) in [5.41, 5.74) is 1.19. The quantitative estimate of drug-likeness (QED) is 0.348. The van der Waals surface area contributed by atoms with Gasteiger partial charge in [0.15, 0.2) is 11.6 Å². The van der Waals surface area contributed by atoms with Crippen molar-refractivity contribution in [2.24, 2.45) is 5.84 Å². The first kappa shape index (κ1) is 14.8. The average molecular weight is 272 g/mol. The highest BCUT2D eigenvalue weighted by atomic mass is 19.1. The molecule has 0 radical (unpaired) electrons. The second-order valence-electron chi connectivity index (χ2n) is 3.70. The number of hydrogen-bond donors (Lipinski definition) is 4. The third-order valence-electron chi connectivity index (χ3n) is 2.23. The van der Waals surface area contributed by atoms with Gasteiger partial charge in [-0.05, 0) is 12.1 Å². The number of nitrogens with one attached hydrogen (secondary N) is 3. The standard InChI is InChI=1S/C11H14F2N4O2/c1-6(18)15-2-3-16-11(19)7-4-8(12)10(17-14)9(13)5-7/h4-5,17H,2-3,14H2,1H3,(H,15,18)(H,16,19). The molecule has 2 amide bonds. The molecule has 0 fully saturated rings. The van der Waals surface area contributed by atoms with Crippen LogP contribution in [-0.2, 0) is 4.79 Å². The Labute approximate surface area is 108 Å². The lowest BCUT2D eigenvalue weighted by atomic mass is 10.1. The number of nitrogens with two attached hydrogens (primary N) is 1. The summed E-state index contributed by atoms with van der Waals surface area (Å²) in [6.07, 6.45) is 0. The molecule has 0 saturated heterocycles. The second-order valence-corrected chi connectivity index (χ2v) is 3.70. The normalized spacial score (nSPS) is 9.89. The SMILES string of the molecule is CC(=O)NCCNC(=O)c1cc(F)c(NN)c(F)c1. The predicted molar refractivity (Wildman–Crippen MR) is 65.2 cm³/mol. The van der Waals surface area contributed by atoms with Crippen molar-refractivity contribution in [1.82, 2.24) is 10.6 Å². The molecule has 8 heteroatoms. The minimum Gasteiger partial charge on any atom is -0.355 e. The van der Waals surface area contributed by atoms with Crippen LogP contribution in [0.15, 0.2) is 12.1 Å². The molecule has 0 aliphatic carbocycles. The van der Waals surface area contributed by atoms with Crippen LogP contribution in [0.1, 0.15) is 17.3 Å². The monoisotopic (exact) mass is 272 g/mol. The molecule has 0 aromatic heterocycles. The molecular formula is C11H14F2N4O2. The first-order valence-corrected chi connectivity index (χ1v) is 5.44. The number of carbonyl (C=O) groups is 2. The number of anilines is 1. The highest BCUT2D eigenvalue weighted by molar-refractivity contribution is 5.94. The van der Waals surface area contributed by atoms with Gasteiger partial charge in [-0.25, -0.2) is 8.78 Å². The third-order valence-corrected chi connectivity index (χ3v) is 2.23. The number of hydrazine groups is 1. The highest BCUT2D eigenvalue weighted by Crippen LogP contribution is 2.19. The predicted octanol–water partition coefficient (Wildman–Crippen LogP) is 0.116. The summed E-state index contributed by atoms with van der Waals surface area (Å²) in [6.45, 7) is 1.72. The van der Waals surface area contributed by atoms with Crippen molar-refractivity contribution in [3.8, 4) is 0 Å². The van der Waals surface area contributed by atoms with Gasteiger partial charge in [-0.3, -0.25) is 15.4 Å². The Balaban J connectivity index is 2.65. The Kier molecular flexibility index (Phi) is 5.19. The maximum Gasteiger partial charge on any atom is 0.251 e. The van der Waals surface area contributed by atoms with Gasteiger partial charge in [-0.15, -0.1) is 0 Å². The van der Waals surface area contributed by atoms with Gasteiger partial charge in [0, 0.05) is 25.6 Å². The number of rotatable bonds is 5. The summed E-state index contributed by atoms with van der Waals surface area (Å²) in [4.78, 5) is 22.2. The van der Waals surface area contributed by atoms with Crippen molar-refractivity contribution in [3.63, 3.8) is 0 Å². The van der Waals surface area contributed by atoms with Gasteiger partial charge in [0.05, 0.1) is 0 Å². The van der Waals surface area contributed by atoms with E-state index < -0.39 is 23.2 Å². The number of carbonyl (C=O) groups excluding carboxylic acids is 2. The van der Waals surface area contributed by atoms with E-state index in [1.165, 1.54) is 6.92 Å². The largest absolute Gasteiger partial charge is 0.355 e. The zero-order chi connectivity index (χ0) is 14.4. The first-order valence-electron chi connectivity index (χ1n) is 5.44. The van der Waals surface area contributed by atoms with Gasteiger partial charge in [0.1, 0.15) is 5.69 Å². The zero-order valence-corrected chi connectivity index (χ0v) is 10.2. The van der Waals surface area contributed by atoms with Crippen LogP contribution >= 0.6 is 0 Å².